The quantitative estimate of drug-likeness (QED) is 0.846. The van der Waals surface area contributed by atoms with Crippen LogP contribution in [0.4, 0.5) is 5.69 Å². The number of aliphatic hydroxyl groups is 1. The van der Waals surface area contributed by atoms with Crippen molar-refractivity contribution in [2.75, 3.05) is 11.5 Å². The van der Waals surface area contributed by atoms with Crippen LogP contribution in [0.3, 0.4) is 0 Å². The van der Waals surface area contributed by atoms with Crippen LogP contribution < -0.4 is 9.64 Å². The van der Waals surface area contributed by atoms with Crippen LogP contribution in [0.15, 0.2) is 35.6 Å². The van der Waals surface area contributed by atoms with E-state index >= 15 is 0 Å². The van der Waals surface area contributed by atoms with Gasteiger partial charge in [-0.05, 0) is 37.6 Å². The van der Waals surface area contributed by atoms with Crippen molar-refractivity contribution < 1.29 is 14.6 Å². The fourth-order valence-corrected chi connectivity index (χ4v) is 2.44. The molecule has 22 heavy (non-hydrogen) atoms. The zero-order chi connectivity index (χ0) is 16.1. The van der Waals surface area contributed by atoms with E-state index in [1.54, 1.807) is 18.2 Å². The first-order valence-electron chi connectivity index (χ1n) is 7.47. The van der Waals surface area contributed by atoms with Gasteiger partial charge in [-0.2, -0.15) is 5.26 Å². The van der Waals surface area contributed by atoms with E-state index in [9.17, 15) is 9.90 Å². The van der Waals surface area contributed by atoms with Crippen molar-refractivity contribution in [3.8, 4) is 11.8 Å². The minimum absolute atomic E-state index is 0.129. The number of anilines is 1. The highest BCUT2D eigenvalue weighted by Gasteiger charge is 2.33. The van der Waals surface area contributed by atoms with Gasteiger partial charge in [0.25, 0.3) is 5.91 Å². The number of hydrogen-bond donors (Lipinski definition) is 1. The molecular formula is C17H20N2O3. The van der Waals surface area contributed by atoms with Gasteiger partial charge in [0, 0.05) is 18.2 Å². The van der Waals surface area contributed by atoms with Crippen molar-refractivity contribution in [3.63, 3.8) is 0 Å². The smallest absolute Gasteiger partial charge is 0.272 e. The minimum atomic E-state index is -0.460. The van der Waals surface area contributed by atoms with Gasteiger partial charge in [0.2, 0.25) is 0 Å². The number of aliphatic hydroxyl groups excluding tert-OH is 1. The summed E-state index contributed by atoms with van der Waals surface area (Å²) in [6.07, 6.45) is 2.35. The zero-order valence-electron chi connectivity index (χ0n) is 12.9. The fraction of sp³-hybridized carbons (Fsp3) is 0.412. The van der Waals surface area contributed by atoms with Crippen molar-refractivity contribution in [1.29, 1.82) is 5.26 Å². The van der Waals surface area contributed by atoms with Crippen molar-refractivity contribution in [1.82, 2.24) is 0 Å². The number of unbranched alkanes of at least 4 members (excludes halogenated alkanes) is 1. The van der Waals surface area contributed by atoms with E-state index in [1.807, 2.05) is 19.1 Å². The normalized spacial score (nSPS) is 18.3. The first-order chi connectivity index (χ1) is 10.6. The Hall–Kier alpha value is -2.48. The van der Waals surface area contributed by atoms with Gasteiger partial charge in [-0.1, -0.05) is 13.3 Å². The number of nitrogens with zero attached hydrogens (tertiary/aromatic N) is 2. The Balaban J connectivity index is 2.18. The predicted octanol–water partition coefficient (Wildman–Crippen LogP) is 3.33. The lowest BCUT2D eigenvalue weighted by atomic mass is 10.0. The highest BCUT2D eigenvalue weighted by molar-refractivity contribution is 6.09. The Labute approximate surface area is 130 Å². The number of hydrogen-bond acceptors (Lipinski definition) is 4. The summed E-state index contributed by atoms with van der Waals surface area (Å²) in [7, 11) is 0. The number of ether oxygens (including phenoxy) is 1. The zero-order valence-corrected chi connectivity index (χ0v) is 12.9. The molecule has 0 fully saturated rings. The molecule has 0 spiro atoms. The molecule has 1 amide bonds. The third-order valence-electron chi connectivity index (χ3n) is 3.64. The molecular weight excluding hydrogens is 280 g/mol. The maximum absolute atomic E-state index is 12.3. The molecule has 0 bridgehead atoms. The summed E-state index contributed by atoms with van der Waals surface area (Å²) in [6.45, 7) is 4.61. The second-order valence-electron chi connectivity index (χ2n) is 5.36. The molecule has 0 radical (unpaired) electrons. The molecule has 1 aliphatic rings. The number of benzene rings is 1. The molecule has 5 heteroatoms. The van der Waals surface area contributed by atoms with Crippen molar-refractivity contribution in [3.05, 3.63) is 35.6 Å². The predicted molar refractivity (Wildman–Crippen MR) is 83.7 cm³/mol. The van der Waals surface area contributed by atoms with E-state index in [2.05, 4.69) is 6.92 Å². The third kappa shape index (κ3) is 3.22. The lowest BCUT2D eigenvalue weighted by molar-refractivity contribution is -0.115. The van der Waals surface area contributed by atoms with Gasteiger partial charge in [0.1, 0.15) is 17.6 Å². The van der Waals surface area contributed by atoms with Crippen LogP contribution in [0, 0.1) is 11.3 Å². The fourth-order valence-electron chi connectivity index (χ4n) is 2.44. The number of amides is 1. The van der Waals surface area contributed by atoms with Crippen LogP contribution in [-0.4, -0.2) is 23.7 Å². The SMILES string of the molecule is CCCCOc1ccc(N2C(=O)C(C#N)=C(O)CC2C)cc1. The van der Waals surface area contributed by atoms with Crippen LogP contribution in [0.1, 0.15) is 33.1 Å². The lowest BCUT2D eigenvalue weighted by Crippen LogP contribution is -2.43. The second kappa shape index (κ2) is 6.99. The lowest BCUT2D eigenvalue weighted by Gasteiger charge is -2.32. The Bertz CT molecular complexity index is 614. The van der Waals surface area contributed by atoms with Gasteiger partial charge in [0.15, 0.2) is 5.57 Å². The molecule has 1 heterocycles. The molecule has 1 unspecified atom stereocenters. The summed E-state index contributed by atoms with van der Waals surface area (Å²) in [5.74, 6) is 0.169. The summed E-state index contributed by atoms with van der Waals surface area (Å²) < 4.78 is 5.60. The average Bonchev–Trinajstić information content (AvgIpc) is 2.49. The molecule has 1 aromatic rings. The standard InChI is InChI=1S/C17H20N2O3/c1-3-4-9-22-14-7-5-13(6-8-14)19-12(2)10-16(20)15(11-18)17(19)21/h5-8,12,20H,3-4,9-10H2,1-2H3. The van der Waals surface area contributed by atoms with E-state index in [-0.39, 0.29) is 23.8 Å². The van der Waals surface area contributed by atoms with Gasteiger partial charge < -0.3 is 14.7 Å². The van der Waals surface area contributed by atoms with Crippen LogP contribution in [-0.2, 0) is 4.79 Å². The number of carbonyl (C=O) groups is 1. The number of carbonyl (C=O) groups excluding carboxylic acids is 1. The number of rotatable bonds is 5. The highest BCUT2D eigenvalue weighted by Crippen LogP contribution is 2.29. The van der Waals surface area contributed by atoms with Crippen LogP contribution >= 0.6 is 0 Å². The van der Waals surface area contributed by atoms with Gasteiger partial charge in [-0.25, -0.2) is 0 Å². The molecule has 1 N–H and O–H groups in total. The van der Waals surface area contributed by atoms with Gasteiger partial charge in [-0.15, -0.1) is 0 Å². The van der Waals surface area contributed by atoms with Crippen LogP contribution in [0.25, 0.3) is 0 Å². The molecule has 1 aliphatic heterocycles. The van der Waals surface area contributed by atoms with Crippen LogP contribution in [0.5, 0.6) is 5.75 Å². The van der Waals surface area contributed by atoms with E-state index in [0.29, 0.717) is 12.3 Å². The maximum Gasteiger partial charge on any atom is 0.272 e. The summed E-state index contributed by atoms with van der Waals surface area (Å²) >= 11 is 0. The molecule has 5 nitrogen and oxygen atoms in total. The monoisotopic (exact) mass is 300 g/mol. The van der Waals surface area contributed by atoms with Crippen LogP contribution in [0.2, 0.25) is 0 Å². The number of nitriles is 1. The van der Waals surface area contributed by atoms with E-state index < -0.39 is 5.91 Å². The molecule has 0 aromatic heterocycles. The Morgan fingerprint density at radius 1 is 1.41 bits per heavy atom. The van der Waals surface area contributed by atoms with Crippen molar-refractivity contribution in [2.45, 2.75) is 39.2 Å². The summed E-state index contributed by atoms with van der Waals surface area (Å²) in [6, 6.07) is 8.81. The maximum atomic E-state index is 12.3. The van der Waals surface area contributed by atoms with E-state index in [1.165, 1.54) is 4.90 Å². The molecule has 0 aliphatic carbocycles. The largest absolute Gasteiger partial charge is 0.511 e. The van der Waals surface area contributed by atoms with Crippen molar-refractivity contribution in [2.24, 2.45) is 0 Å². The Morgan fingerprint density at radius 3 is 2.68 bits per heavy atom. The van der Waals surface area contributed by atoms with Gasteiger partial charge >= 0.3 is 0 Å². The molecule has 1 atom stereocenters. The first-order valence-corrected chi connectivity index (χ1v) is 7.47. The van der Waals surface area contributed by atoms with E-state index in [4.69, 9.17) is 10.00 Å². The third-order valence-corrected chi connectivity index (χ3v) is 3.64. The first kappa shape index (κ1) is 15.9. The van der Waals surface area contributed by atoms with E-state index in [0.717, 1.165) is 18.6 Å². The summed E-state index contributed by atoms with van der Waals surface area (Å²) in [5.41, 5.74) is 0.516. The highest BCUT2D eigenvalue weighted by atomic mass is 16.5. The summed E-state index contributed by atoms with van der Waals surface area (Å²) in [5, 5.41) is 18.7. The second-order valence-corrected chi connectivity index (χ2v) is 5.36. The Morgan fingerprint density at radius 2 is 2.09 bits per heavy atom. The molecule has 116 valence electrons. The molecule has 1 aromatic carbocycles. The molecule has 0 saturated heterocycles. The topological polar surface area (TPSA) is 73.6 Å². The Kier molecular flexibility index (Phi) is 5.05. The van der Waals surface area contributed by atoms with Gasteiger partial charge in [-0.3, -0.25) is 4.79 Å². The molecule has 2 rings (SSSR count). The van der Waals surface area contributed by atoms with Crippen molar-refractivity contribution >= 4 is 11.6 Å². The molecule has 0 saturated carbocycles. The summed E-state index contributed by atoms with van der Waals surface area (Å²) in [4.78, 5) is 13.9. The average molecular weight is 300 g/mol. The minimum Gasteiger partial charge on any atom is -0.511 e. The van der Waals surface area contributed by atoms with Gasteiger partial charge in [0.05, 0.1) is 6.61 Å².